The Morgan fingerprint density at radius 1 is 1.03 bits per heavy atom. The van der Waals surface area contributed by atoms with Crippen molar-refractivity contribution in [1.82, 2.24) is 14.5 Å². The summed E-state index contributed by atoms with van der Waals surface area (Å²) in [4.78, 5) is 28.5. The normalized spacial score (nSPS) is 14.3. The Bertz CT molecular complexity index is 1100. The number of nitrogens with zero attached hydrogens (tertiary/aromatic N) is 4. The molecule has 6 nitrogen and oxygen atoms in total. The first-order valence-corrected chi connectivity index (χ1v) is 11.5. The Morgan fingerprint density at radius 2 is 1.61 bits per heavy atom. The second-order valence-corrected chi connectivity index (χ2v) is 9.20. The van der Waals surface area contributed by atoms with Crippen LogP contribution < -0.4 is 4.90 Å². The van der Waals surface area contributed by atoms with Crippen molar-refractivity contribution < 1.29 is 9.59 Å². The SMILES string of the molecule is CCC1CCN(c2nc(C)nc3c2c(C)cn3-c2c(C)cc(Br)cc2C)CC1.O=C=O. The molecule has 3 aromatic rings. The molecule has 0 unspecified atom stereocenters. The van der Waals surface area contributed by atoms with Crippen molar-refractivity contribution in [2.24, 2.45) is 5.92 Å². The summed E-state index contributed by atoms with van der Waals surface area (Å²) in [5.74, 6) is 2.81. The average Bonchev–Trinajstić information content (AvgIpc) is 3.03. The van der Waals surface area contributed by atoms with Crippen molar-refractivity contribution in [2.45, 2.75) is 53.9 Å². The number of halogens is 1. The van der Waals surface area contributed by atoms with Crippen molar-refractivity contribution in [3.05, 3.63) is 45.3 Å². The summed E-state index contributed by atoms with van der Waals surface area (Å²) in [6, 6.07) is 4.35. The molecule has 2 aromatic heterocycles. The highest BCUT2D eigenvalue weighted by Crippen LogP contribution is 2.35. The van der Waals surface area contributed by atoms with E-state index in [1.165, 1.54) is 47.0 Å². The molecule has 0 spiro atoms. The molecule has 0 N–H and O–H groups in total. The number of aromatic nitrogens is 3. The average molecular weight is 485 g/mol. The molecule has 4 rings (SSSR count). The zero-order chi connectivity index (χ0) is 22.7. The molecule has 1 aromatic carbocycles. The third-order valence-corrected chi connectivity index (χ3v) is 6.57. The van der Waals surface area contributed by atoms with Crippen molar-refractivity contribution in [3.8, 4) is 5.69 Å². The topological polar surface area (TPSA) is 68.1 Å². The first-order chi connectivity index (χ1) is 14.8. The van der Waals surface area contributed by atoms with Crippen LogP contribution in [0.1, 0.15) is 48.7 Å². The molecular weight excluding hydrogens is 456 g/mol. The highest BCUT2D eigenvalue weighted by atomic mass is 79.9. The Kier molecular flexibility index (Phi) is 7.29. The van der Waals surface area contributed by atoms with E-state index in [-0.39, 0.29) is 6.15 Å². The smallest absolute Gasteiger partial charge is 0.356 e. The van der Waals surface area contributed by atoms with Crippen LogP contribution in [0.25, 0.3) is 16.7 Å². The Hall–Kier alpha value is -2.50. The summed E-state index contributed by atoms with van der Waals surface area (Å²) in [6.45, 7) is 13.0. The van der Waals surface area contributed by atoms with Crippen LogP contribution in [0.2, 0.25) is 0 Å². The molecule has 0 aliphatic carbocycles. The monoisotopic (exact) mass is 484 g/mol. The van der Waals surface area contributed by atoms with Gasteiger partial charge < -0.3 is 9.47 Å². The van der Waals surface area contributed by atoms with Gasteiger partial charge in [-0.05, 0) is 75.3 Å². The zero-order valence-electron chi connectivity index (χ0n) is 18.8. The van der Waals surface area contributed by atoms with Gasteiger partial charge in [-0.25, -0.2) is 9.97 Å². The van der Waals surface area contributed by atoms with Gasteiger partial charge in [0, 0.05) is 23.8 Å². The van der Waals surface area contributed by atoms with E-state index in [1.54, 1.807) is 0 Å². The fourth-order valence-corrected chi connectivity index (χ4v) is 5.31. The second kappa shape index (κ2) is 9.75. The van der Waals surface area contributed by atoms with Crippen molar-refractivity contribution in [2.75, 3.05) is 18.0 Å². The number of hydrogen-bond donors (Lipinski definition) is 0. The minimum Gasteiger partial charge on any atom is -0.356 e. The Labute approximate surface area is 191 Å². The van der Waals surface area contributed by atoms with E-state index in [0.29, 0.717) is 0 Å². The summed E-state index contributed by atoms with van der Waals surface area (Å²) >= 11 is 3.62. The molecule has 1 saturated heterocycles. The molecule has 3 heterocycles. The lowest BCUT2D eigenvalue weighted by atomic mass is 9.94. The number of fused-ring (bicyclic) bond motifs is 1. The summed E-state index contributed by atoms with van der Waals surface area (Å²) in [6.07, 6.45) is 6.27. The summed E-state index contributed by atoms with van der Waals surface area (Å²) in [5.41, 5.74) is 5.96. The van der Waals surface area contributed by atoms with Crippen molar-refractivity contribution in [1.29, 1.82) is 0 Å². The van der Waals surface area contributed by atoms with E-state index in [1.807, 2.05) is 6.92 Å². The molecule has 1 fully saturated rings. The quantitative estimate of drug-likeness (QED) is 0.493. The summed E-state index contributed by atoms with van der Waals surface area (Å²) in [7, 11) is 0. The van der Waals surface area contributed by atoms with Crippen LogP contribution in [-0.2, 0) is 9.59 Å². The van der Waals surface area contributed by atoms with E-state index >= 15 is 0 Å². The molecule has 0 saturated carbocycles. The van der Waals surface area contributed by atoms with Crippen LogP contribution in [-0.4, -0.2) is 33.8 Å². The molecule has 0 radical (unpaired) electrons. The van der Waals surface area contributed by atoms with E-state index in [4.69, 9.17) is 19.6 Å². The fraction of sp³-hybridized carbons (Fsp3) is 0.458. The van der Waals surface area contributed by atoms with E-state index < -0.39 is 0 Å². The van der Waals surface area contributed by atoms with Gasteiger partial charge in [0.25, 0.3) is 0 Å². The van der Waals surface area contributed by atoms with Gasteiger partial charge >= 0.3 is 6.15 Å². The second-order valence-electron chi connectivity index (χ2n) is 8.29. The lowest BCUT2D eigenvalue weighted by Crippen LogP contribution is -2.34. The molecule has 0 atom stereocenters. The summed E-state index contributed by atoms with van der Waals surface area (Å²) < 4.78 is 3.38. The fourth-order valence-electron chi connectivity index (χ4n) is 4.63. The van der Waals surface area contributed by atoms with E-state index in [9.17, 15) is 0 Å². The molecule has 31 heavy (non-hydrogen) atoms. The van der Waals surface area contributed by atoms with Crippen LogP contribution in [0.15, 0.2) is 22.8 Å². The van der Waals surface area contributed by atoms with Crippen LogP contribution in [0, 0.1) is 33.6 Å². The lowest BCUT2D eigenvalue weighted by Gasteiger charge is -2.33. The number of benzene rings is 1. The van der Waals surface area contributed by atoms with Crippen molar-refractivity contribution >= 4 is 38.9 Å². The van der Waals surface area contributed by atoms with E-state index in [2.05, 4.69) is 71.4 Å². The van der Waals surface area contributed by atoms with Crippen LogP contribution in [0.4, 0.5) is 5.82 Å². The predicted molar refractivity (Wildman–Crippen MR) is 126 cm³/mol. The number of carbonyl (C=O) groups excluding carboxylic acids is 2. The van der Waals surface area contributed by atoms with Gasteiger partial charge in [0.15, 0.2) is 5.65 Å². The molecule has 0 amide bonds. The zero-order valence-corrected chi connectivity index (χ0v) is 20.4. The number of aryl methyl sites for hydroxylation is 4. The Balaban J connectivity index is 0.000000858. The Morgan fingerprint density at radius 3 is 2.16 bits per heavy atom. The number of piperidine rings is 1. The molecule has 1 aliphatic heterocycles. The number of hydrogen-bond acceptors (Lipinski definition) is 5. The third-order valence-electron chi connectivity index (χ3n) is 6.12. The largest absolute Gasteiger partial charge is 0.373 e. The maximum Gasteiger partial charge on any atom is 0.373 e. The van der Waals surface area contributed by atoms with Gasteiger partial charge in [0.2, 0.25) is 0 Å². The van der Waals surface area contributed by atoms with Gasteiger partial charge in [-0.1, -0.05) is 29.3 Å². The van der Waals surface area contributed by atoms with Gasteiger partial charge in [0.1, 0.15) is 11.6 Å². The maximum absolute atomic E-state index is 8.12. The summed E-state index contributed by atoms with van der Waals surface area (Å²) in [5, 5.41) is 1.20. The van der Waals surface area contributed by atoms with Gasteiger partial charge in [-0.15, -0.1) is 0 Å². The molecule has 0 bridgehead atoms. The highest BCUT2D eigenvalue weighted by Gasteiger charge is 2.24. The molecule has 7 heteroatoms. The molecular formula is C24H29BrN4O2. The standard InChI is InChI=1S/C23H29BrN4.CO2/c1-6-18-7-9-27(10-8-18)22-20-16(4)13-28(23(20)26-17(5)25-22)21-14(2)11-19(24)12-15(21)3;2-1-3/h11-13,18H,6-10H2,1-5H3;. The van der Waals surface area contributed by atoms with Crippen LogP contribution in [0.5, 0.6) is 0 Å². The van der Waals surface area contributed by atoms with Gasteiger partial charge in [-0.3, -0.25) is 0 Å². The van der Waals surface area contributed by atoms with Crippen LogP contribution >= 0.6 is 15.9 Å². The van der Waals surface area contributed by atoms with E-state index in [0.717, 1.165) is 40.8 Å². The third kappa shape index (κ3) is 4.73. The van der Waals surface area contributed by atoms with Crippen molar-refractivity contribution in [3.63, 3.8) is 0 Å². The lowest BCUT2D eigenvalue weighted by molar-refractivity contribution is -0.191. The number of rotatable bonds is 3. The first-order valence-electron chi connectivity index (χ1n) is 10.7. The molecule has 1 aliphatic rings. The highest BCUT2D eigenvalue weighted by molar-refractivity contribution is 9.10. The number of anilines is 1. The van der Waals surface area contributed by atoms with Gasteiger partial charge in [-0.2, -0.15) is 9.59 Å². The first kappa shape index (κ1) is 23.2. The predicted octanol–water partition coefficient (Wildman–Crippen LogP) is 5.46. The maximum atomic E-state index is 8.12. The van der Waals surface area contributed by atoms with Crippen LogP contribution in [0.3, 0.4) is 0 Å². The van der Waals surface area contributed by atoms with Gasteiger partial charge in [0.05, 0.1) is 11.1 Å². The minimum atomic E-state index is 0.250. The molecule has 164 valence electrons. The minimum absolute atomic E-state index is 0.250.